The molecule has 0 saturated carbocycles. The molecule has 0 aliphatic heterocycles. The molecule has 3 heteroatoms. The first-order chi connectivity index (χ1) is 8.27. The number of nitrogens with one attached hydrogen (secondary N) is 1. The van der Waals surface area contributed by atoms with Gasteiger partial charge in [-0.15, -0.1) is 0 Å². The number of ether oxygens (including phenoxy) is 1. The summed E-state index contributed by atoms with van der Waals surface area (Å²) in [7, 11) is 1.76. The number of methoxy groups -OCH3 is 1. The van der Waals surface area contributed by atoms with Crippen molar-refractivity contribution in [1.29, 1.82) is 0 Å². The Balaban J connectivity index is 2.57. The van der Waals surface area contributed by atoms with E-state index in [9.17, 15) is 0 Å². The van der Waals surface area contributed by atoms with Crippen molar-refractivity contribution in [2.75, 3.05) is 26.8 Å². The zero-order valence-corrected chi connectivity index (χ0v) is 12.3. The van der Waals surface area contributed by atoms with Crippen LogP contribution in [0.5, 0.6) is 0 Å². The summed E-state index contributed by atoms with van der Waals surface area (Å²) >= 11 is 3.48. The highest BCUT2D eigenvalue weighted by atomic mass is 79.9. The van der Waals surface area contributed by atoms with E-state index in [4.69, 9.17) is 4.74 Å². The average Bonchev–Trinajstić information content (AvgIpc) is 2.35. The highest BCUT2D eigenvalue weighted by Gasteiger charge is 2.10. The lowest BCUT2D eigenvalue weighted by Gasteiger charge is -2.17. The lowest BCUT2D eigenvalue weighted by molar-refractivity contribution is 0.190. The Kier molecular flexibility index (Phi) is 7.49. The van der Waals surface area contributed by atoms with Crippen LogP contribution in [-0.4, -0.2) is 26.8 Å². The minimum atomic E-state index is 0.582. The maximum Gasteiger partial charge on any atom is 0.0462 e. The highest BCUT2D eigenvalue weighted by molar-refractivity contribution is 9.10. The first-order valence-electron chi connectivity index (χ1n) is 6.23. The van der Waals surface area contributed by atoms with Gasteiger partial charge in [0, 0.05) is 24.7 Å². The molecule has 1 unspecified atom stereocenters. The summed E-state index contributed by atoms with van der Waals surface area (Å²) in [5, 5.41) is 3.44. The highest BCUT2D eigenvalue weighted by Crippen LogP contribution is 2.22. The van der Waals surface area contributed by atoms with Crippen LogP contribution < -0.4 is 5.32 Å². The molecule has 1 atom stereocenters. The first-order valence-corrected chi connectivity index (χ1v) is 7.02. The number of rotatable bonds is 8. The van der Waals surface area contributed by atoms with E-state index in [1.807, 2.05) is 0 Å². The summed E-state index contributed by atoms with van der Waals surface area (Å²) in [5.41, 5.74) is 1.41. The van der Waals surface area contributed by atoms with Crippen LogP contribution in [0.2, 0.25) is 0 Å². The zero-order chi connectivity index (χ0) is 12.5. The third kappa shape index (κ3) is 5.66. The Bertz CT molecular complexity index is 300. The third-order valence-electron chi connectivity index (χ3n) is 2.88. The van der Waals surface area contributed by atoms with Crippen LogP contribution in [0.4, 0.5) is 0 Å². The van der Waals surface area contributed by atoms with Crippen molar-refractivity contribution in [1.82, 2.24) is 5.32 Å². The van der Waals surface area contributed by atoms with Crippen molar-refractivity contribution in [2.24, 2.45) is 0 Å². The van der Waals surface area contributed by atoms with Gasteiger partial charge in [-0.2, -0.15) is 0 Å². The predicted octanol–water partition coefficient (Wildman–Crippen LogP) is 3.57. The van der Waals surface area contributed by atoms with Gasteiger partial charge in [-0.3, -0.25) is 0 Å². The normalized spacial score (nSPS) is 12.6. The van der Waals surface area contributed by atoms with E-state index >= 15 is 0 Å². The lowest BCUT2D eigenvalue weighted by Crippen LogP contribution is -2.21. The predicted molar refractivity (Wildman–Crippen MR) is 76.5 cm³/mol. The van der Waals surface area contributed by atoms with Crippen LogP contribution in [0, 0.1) is 0 Å². The minimum Gasteiger partial charge on any atom is -0.385 e. The quantitative estimate of drug-likeness (QED) is 0.741. The molecule has 1 rings (SSSR count). The fourth-order valence-corrected chi connectivity index (χ4v) is 2.18. The Morgan fingerprint density at radius 1 is 1.29 bits per heavy atom. The van der Waals surface area contributed by atoms with E-state index in [-0.39, 0.29) is 0 Å². The van der Waals surface area contributed by atoms with E-state index in [0.29, 0.717) is 5.92 Å². The molecule has 0 bridgehead atoms. The van der Waals surface area contributed by atoms with Crippen molar-refractivity contribution in [2.45, 2.75) is 25.7 Å². The van der Waals surface area contributed by atoms with E-state index in [1.54, 1.807) is 7.11 Å². The second kappa shape index (κ2) is 8.67. The summed E-state index contributed by atoms with van der Waals surface area (Å²) in [5.74, 6) is 0.582. The average molecular weight is 300 g/mol. The van der Waals surface area contributed by atoms with Crippen LogP contribution in [0.3, 0.4) is 0 Å². The molecule has 1 aromatic carbocycles. The van der Waals surface area contributed by atoms with E-state index in [0.717, 1.165) is 30.6 Å². The largest absolute Gasteiger partial charge is 0.385 e. The topological polar surface area (TPSA) is 21.3 Å². The van der Waals surface area contributed by atoms with Gasteiger partial charge in [-0.05, 0) is 43.0 Å². The number of halogens is 1. The molecule has 0 radical (unpaired) electrons. The SMILES string of the molecule is CCNCC(CCCOC)c1ccc(Br)cc1. The Morgan fingerprint density at radius 2 is 2.00 bits per heavy atom. The first kappa shape index (κ1) is 14.7. The molecule has 0 amide bonds. The standard InChI is InChI=1S/C14H22BrNO/c1-3-16-11-13(5-4-10-17-2)12-6-8-14(15)9-7-12/h6-9,13,16H,3-5,10-11H2,1-2H3. The number of hydrogen-bond donors (Lipinski definition) is 1. The fraction of sp³-hybridized carbons (Fsp3) is 0.571. The van der Waals surface area contributed by atoms with Gasteiger partial charge < -0.3 is 10.1 Å². The molecular weight excluding hydrogens is 278 g/mol. The van der Waals surface area contributed by atoms with Crippen molar-refractivity contribution >= 4 is 15.9 Å². The van der Waals surface area contributed by atoms with Gasteiger partial charge in [0.05, 0.1) is 0 Å². The third-order valence-corrected chi connectivity index (χ3v) is 3.41. The summed E-state index contributed by atoms with van der Waals surface area (Å²) in [6, 6.07) is 8.65. The summed E-state index contributed by atoms with van der Waals surface area (Å²) in [6.07, 6.45) is 2.28. The molecule has 0 saturated heterocycles. The molecule has 1 aromatic rings. The molecular formula is C14H22BrNO. The summed E-state index contributed by atoms with van der Waals surface area (Å²) in [4.78, 5) is 0. The van der Waals surface area contributed by atoms with Gasteiger partial charge in [0.1, 0.15) is 0 Å². The number of likely N-dealkylation sites (N-methyl/N-ethyl adjacent to an activating group) is 1. The van der Waals surface area contributed by atoms with Crippen LogP contribution in [0.1, 0.15) is 31.2 Å². The number of hydrogen-bond acceptors (Lipinski definition) is 2. The van der Waals surface area contributed by atoms with Crippen molar-refractivity contribution < 1.29 is 4.74 Å². The van der Waals surface area contributed by atoms with E-state index in [1.165, 1.54) is 12.0 Å². The van der Waals surface area contributed by atoms with Crippen molar-refractivity contribution in [3.05, 3.63) is 34.3 Å². The smallest absolute Gasteiger partial charge is 0.0462 e. The van der Waals surface area contributed by atoms with Gasteiger partial charge in [-0.1, -0.05) is 35.0 Å². The minimum absolute atomic E-state index is 0.582. The molecule has 1 N–H and O–H groups in total. The van der Waals surface area contributed by atoms with Crippen LogP contribution in [0.15, 0.2) is 28.7 Å². The second-order valence-corrected chi connectivity index (χ2v) is 5.11. The summed E-state index contributed by atoms with van der Waals surface area (Å²) in [6.45, 7) is 5.06. The number of benzene rings is 1. The van der Waals surface area contributed by atoms with Crippen LogP contribution in [-0.2, 0) is 4.74 Å². The van der Waals surface area contributed by atoms with Crippen molar-refractivity contribution in [3.8, 4) is 0 Å². The molecule has 0 fully saturated rings. The van der Waals surface area contributed by atoms with Crippen LogP contribution >= 0.6 is 15.9 Å². The molecule has 96 valence electrons. The molecule has 0 aliphatic rings. The summed E-state index contributed by atoms with van der Waals surface area (Å²) < 4.78 is 6.26. The van der Waals surface area contributed by atoms with Crippen LogP contribution in [0.25, 0.3) is 0 Å². The molecule has 0 heterocycles. The molecule has 0 aliphatic carbocycles. The molecule has 0 spiro atoms. The lowest BCUT2D eigenvalue weighted by atomic mass is 9.94. The maximum atomic E-state index is 5.12. The fourth-order valence-electron chi connectivity index (χ4n) is 1.91. The van der Waals surface area contributed by atoms with Crippen molar-refractivity contribution in [3.63, 3.8) is 0 Å². The monoisotopic (exact) mass is 299 g/mol. The second-order valence-electron chi connectivity index (χ2n) is 4.19. The van der Waals surface area contributed by atoms with Gasteiger partial charge in [0.2, 0.25) is 0 Å². The molecule has 17 heavy (non-hydrogen) atoms. The van der Waals surface area contributed by atoms with Gasteiger partial charge >= 0.3 is 0 Å². The van der Waals surface area contributed by atoms with E-state index < -0.39 is 0 Å². The Morgan fingerprint density at radius 3 is 2.59 bits per heavy atom. The van der Waals surface area contributed by atoms with Gasteiger partial charge in [-0.25, -0.2) is 0 Å². The Labute approximate surface area is 113 Å². The maximum absolute atomic E-state index is 5.12. The molecule has 0 aromatic heterocycles. The zero-order valence-electron chi connectivity index (χ0n) is 10.7. The van der Waals surface area contributed by atoms with E-state index in [2.05, 4.69) is 52.4 Å². The van der Waals surface area contributed by atoms with Gasteiger partial charge in [0.25, 0.3) is 0 Å². The molecule has 2 nitrogen and oxygen atoms in total. The Hall–Kier alpha value is -0.380. The van der Waals surface area contributed by atoms with Gasteiger partial charge in [0.15, 0.2) is 0 Å².